The fourth-order valence-corrected chi connectivity index (χ4v) is 1.06. The van der Waals surface area contributed by atoms with E-state index in [-0.39, 0.29) is 30.6 Å². The molecule has 0 aromatic heterocycles. The summed E-state index contributed by atoms with van der Waals surface area (Å²) in [6.45, 7) is 0.218. The van der Waals surface area contributed by atoms with Crippen molar-refractivity contribution in [1.29, 1.82) is 0 Å². The summed E-state index contributed by atoms with van der Waals surface area (Å²) in [6.07, 6.45) is 0.222. The zero-order valence-corrected chi connectivity index (χ0v) is 8.33. The summed E-state index contributed by atoms with van der Waals surface area (Å²) >= 11 is 5.37. The number of ether oxygens (including phenoxy) is 1. The van der Waals surface area contributed by atoms with Gasteiger partial charge >= 0.3 is 5.97 Å². The van der Waals surface area contributed by atoms with Crippen LogP contribution in [0, 0.1) is 0 Å². The predicted octanol–water partition coefficient (Wildman–Crippen LogP) is 2.06. The van der Waals surface area contributed by atoms with E-state index in [1.807, 2.05) is 0 Å². The Labute approximate surface area is 87.3 Å². The van der Waals surface area contributed by atoms with Gasteiger partial charge in [-0.25, -0.2) is 0 Å². The van der Waals surface area contributed by atoms with Gasteiger partial charge in [0.1, 0.15) is 12.4 Å². The summed E-state index contributed by atoms with van der Waals surface area (Å²) in [5, 5.41) is 8.99. The highest BCUT2D eigenvalue weighted by atomic mass is 35.5. The number of carbonyl (C=O) groups is 1. The smallest absolute Gasteiger partial charge is 0.307 e. The monoisotopic (exact) mass is 214 g/mol. The number of phenolic OH excluding ortho intramolecular Hbond substituents is 1. The highest BCUT2D eigenvalue weighted by molar-refractivity contribution is 6.18. The Balaban J connectivity index is 2.38. The lowest BCUT2D eigenvalue weighted by Crippen LogP contribution is -2.04. The first kappa shape index (κ1) is 10.9. The van der Waals surface area contributed by atoms with Gasteiger partial charge < -0.3 is 9.84 Å². The minimum absolute atomic E-state index is 0.195. The van der Waals surface area contributed by atoms with Gasteiger partial charge in [-0.1, -0.05) is 12.1 Å². The maximum absolute atomic E-state index is 10.9. The van der Waals surface area contributed by atoms with E-state index < -0.39 is 0 Å². The van der Waals surface area contributed by atoms with Gasteiger partial charge in [0, 0.05) is 5.88 Å². The Hall–Kier alpha value is -1.22. The van der Waals surface area contributed by atoms with Crippen LogP contribution < -0.4 is 0 Å². The van der Waals surface area contributed by atoms with Crippen LogP contribution in [-0.4, -0.2) is 17.0 Å². The van der Waals surface area contributed by atoms with E-state index >= 15 is 0 Å². The van der Waals surface area contributed by atoms with Gasteiger partial charge in [0.15, 0.2) is 0 Å². The molecule has 1 rings (SSSR count). The van der Waals surface area contributed by atoms with Crippen LogP contribution in [0.4, 0.5) is 0 Å². The number of aromatic hydroxyl groups is 1. The van der Waals surface area contributed by atoms with Crippen LogP contribution in [0.25, 0.3) is 0 Å². The van der Waals surface area contributed by atoms with Crippen molar-refractivity contribution in [3.63, 3.8) is 0 Å². The number of carbonyl (C=O) groups excluding carboxylic acids is 1. The molecule has 0 spiro atoms. The number of rotatable bonds is 4. The normalized spacial score (nSPS) is 9.79. The summed E-state index contributed by atoms with van der Waals surface area (Å²) < 4.78 is 4.90. The Morgan fingerprint density at radius 3 is 2.57 bits per heavy atom. The summed E-state index contributed by atoms with van der Waals surface area (Å²) in [5.74, 6) is 0.155. The SMILES string of the molecule is O=C(CCCl)OCc1ccc(O)cc1. The van der Waals surface area contributed by atoms with Crippen molar-refractivity contribution >= 4 is 17.6 Å². The van der Waals surface area contributed by atoms with E-state index in [4.69, 9.17) is 21.4 Å². The van der Waals surface area contributed by atoms with Crippen LogP contribution in [0.3, 0.4) is 0 Å². The quantitative estimate of drug-likeness (QED) is 0.617. The van der Waals surface area contributed by atoms with Crippen molar-refractivity contribution in [2.45, 2.75) is 13.0 Å². The molecular weight excluding hydrogens is 204 g/mol. The van der Waals surface area contributed by atoms with E-state index in [0.717, 1.165) is 5.56 Å². The molecule has 14 heavy (non-hydrogen) atoms. The second kappa shape index (κ2) is 5.50. The van der Waals surface area contributed by atoms with Crippen molar-refractivity contribution < 1.29 is 14.6 Å². The van der Waals surface area contributed by atoms with E-state index in [2.05, 4.69) is 0 Å². The zero-order chi connectivity index (χ0) is 10.4. The molecule has 0 bridgehead atoms. The van der Waals surface area contributed by atoms with E-state index in [0.29, 0.717) is 0 Å². The van der Waals surface area contributed by atoms with Crippen molar-refractivity contribution in [1.82, 2.24) is 0 Å². The molecule has 76 valence electrons. The molecule has 0 fully saturated rings. The van der Waals surface area contributed by atoms with Crippen LogP contribution in [0.1, 0.15) is 12.0 Å². The second-order valence-corrected chi connectivity index (χ2v) is 3.14. The first-order valence-corrected chi connectivity index (χ1v) is 4.75. The molecule has 0 saturated carbocycles. The van der Waals surface area contributed by atoms with E-state index in [9.17, 15) is 4.79 Å². The molecule has 3 nitrogen and oxygen atoms in total. The van der Waals surface area contributed by atoms with Gasteiger partial charge in [0.2, 0.25) is 0 Å². The summed E-state index contributed by atoms with van der Waals surface area (Å²) in [6, 6.07) is 6.49. The molecule has 0 aliphatic rings. The first-order valence-electron chi connectivity index (χ1n) is 4.22. The Bertz CT molecular complexity index is 295. The molecular formula is C10H11ClO3. The molecule has 0 saturated heterocycles. The third-order valence-electron chi connectivity index (χ3n) is 1.63. The minimum Gasteiger partial charge on any atom is -0.508 e. The zero-order valence-electron chi connectivity index (χ0n) is 7.57. The molecule has 1 N–H and O–H groups in total. The fourth-order valence-electron chi connectivity index (χ4n) is 0.905. The highest BCUT2D eigenvalue weighted by Crippen LogP contribution is 2.10. The average molecular weight is 215 g/mol. The number of benzene rings is 1. The van der Waals surface area contributed by atoms with Gasteiger partial charge in [0.05, 0.1) is 6.42 Å². The van der Waals surface area contributed by atoms with E-state index in [1.165, 1.54) is 0 Å². The largest absolute Gasteiger partial charge is 0.508 e. The molecule has 0 atom stereocenters. The Morgan fingerprint density at radius 2 is 2.00 bits per heavy atom. The maximum Gasteiger partial charge on any atom is 0.307 e. The summed E-state index contributed by atoms with van der Waals surface area (Å²) in [4.78, 5) is 10.9. The second-order valence-electron chi connectivity index (χ2n) is 2.77. The van der Waals surface area contributed by atoms with Crippen LogP contribution in [0.5, 0.6) is 5.75 Å². The van der Waals surface area contributed by atoms with Crippen LogP contribution in [-0.2, 0) is 16.1 Å². The van der Waals surface area contributed by atoms with Crippen molar-refractivity contribution in [3.05, 3.63) is 29.8 Å². The van der Waals surface area contributed by atoms with Crippen molar-refractivity contribution in [3.8, 4) is 5.75 Å². The number of hydrogen-bond acceptors (Lipinski definition) is 3. The molecule has 4 heteroatoms. The lowest BCUT2D eigenvalue weighted by molar-refractivity contribution is -0.144. The van der Waals surface area contributed by atoms with Gasteiger partial charge in [-0.05, 0) is 17.7 Å². The first-order chi connectivity index (χ1) is 6.72. The van der Waals surface area contributed by atoms with Crippen molar-refractivity contribution in [2.24, 2.45) is 0 Å². The molecule has 0 aliphatic heterocycles. The summed E-state index contributed by atoms with van der Waals surface area (Å²) in [7, 11) is 0. The third kappa shape index (κ3) is 3.66. The van der Waals surface area contributed by atoms with Gasteiger partial charge in [-0.15, -0.1) is 11.6 Å². The Morgan fingerprint density at radius 1 is 1.36 bits per heavy atom. The molecule has 0 aliphatic carbocycles. The molecule has 1 aromatic rings. The van der Waals surface area contributed by atoms with Crippen LogP contribution in [0.15, 0.2) is 24.3 Å². The summed E-state index contributed by atoms with van der Waals surface area (Å²) in [5.41, 5.74) is 0.839. The molecule has 0 radical (unpaired) electrons. The van der Waals surface area contributed by atoms with Crippen LogP contribution in [0.2, 0.25) is 0 Å². The van der Waals surface area contributed by atoms with Crippen LogP contribution >= 0.6 is 11.6 Å². The number of alkyl halides is 1. The number of phenols is 1. The minimum atomic E-state index is -0.312. The highest BCUT2D eigenvalue weighted by Gasteiger charge is 2.01. The lowest BCUT2D eigenvalue weighted by Gasteiger charge is -2.03. The predicted molar refractivity (Wildman–Crippen MR) is 53.2 cm³/mol. The average Bonchev–Trinajstić information content (AvgIpc) is 2.17. The maximum atomic E-state index is 10.9. The van der Waals surface area contributed by atoms with Gasteiger partial charge in [-0.3, -0.25) is 4.79 Å². The number of hydrogen-bond donors (Lipinski definition) is 1. The van der Waals surface area contributed by atoms with Gasteiger partial charge in [0.25, 0.3) is 0 Å². The van der Waals surface area contributed by atoms with Crippen molar-refractivity contribution in [2.75, 3.05) is 5.88 Å². The molecule has 0 amide bonds. The number of halogens is 1. The van der Waals surface area contributed by atoms with E-state index in [1.54, 1.807) is 24.3 Å². The topological polar surface area (TPSA) is 46.5 Å². The molecule has 0 unspecified atom stereocenters. The fraction of sp³-hybridized carbons (Fsp3) is 0.300. The standard InChI is InChI=1S/C10H11ClO3/c11-6-5-10(13)14-7-8-1-3-9(12)4-2-8/h1-4,12H,5-7H2. The lowest BCUT2D eigenvalue weighted by atomic mass is 10.2. The number of esters is 1. The molecule has 1 aromatic carbocycles. The molecule has 0 heterocycles. The third-order valence-corrected chi connectivity index (χ3v) is 1.82. The Kier molecular flexibility index (Phi) is 4.26. The van der Waals surface area contributed by atoms with Gasteiger partial charge in [-0.2, -0.15) is 0 Å².